The van der Waals surface area contributed by atoms with Crippen molar-refractivity contribution in [1.82, 2.24) is 15.1 Å². The lowest BCUT2D eigenvalue weighted by atomic mass is 10.1. The number of amides is 1. The molecule has 0 saturated heterocycles. The van der Waals surface area contributed by atoms with Crippen molar-refractivity contribution in [3.63, 3.8) is 0 Å². The van der Waals surface area contributed by atoms with Gasteiger partial charge in [0, 0.05) is 12.6 Å². The molecule has 0 unspecified atom stereocenters. The highest BCUT2D eigenvalue weighted by atomic mass is 19.1. The third kappa shape index (κ3) is 6.37. The Bertz CT molecular complexity index is 831. The summed E-state index contributed by atoms with van der Waals surface area (Å²) in [6, 6.07) is 4.46. The summed E-state index contributed by atoms with van der Waals surface area (Å²) in [6.07, 6.45) is 0.692. The fourth-order valence-electron chi connectivity index (χ4n) is 2.67. The first kappa shape index (κ1) is 22.5. The Morgan fingerprint density at radius 1 is 1.10 bits per heavy atom. The van der Waals surface area contributed by atoms with Crippen LogP contribution in [0.1, 0.15) is 50.2 Å². The Morgan fingerprint density at radius 3 is 2.48 bits per heavy atom. The van der Waals surface area contributed by atoms with E-state index < -0.39 is 17.5 Å². The summed E-state index contributed by atoms with van der Waals surface area (Å²) >= 11 is 0. The molecule has 1 aromatic carbocycles. The van der Waals surface area contributed by atoms with Crippen molar-refractivity contribution in [1.29, 1.82) is 0 Å². The Balaban J connectivity index is 2.35. The van der Waals surface area contributed by atoms with E-state index in [4.69, 9.17) is 9.47 Å². The van der Waals surface area contributed by atoms with Gasteiger partial charge in [-0.25, -0.2) is 8.78 Å². The van der Waals surface area contributed by atoms with Gasteiger partial charge in [0.1, 0.15) is 23.1 Å². The van der Waals surface area contributed by atoms with Gasteiger partial charge in [-0.1, -0.05) is 13.8 Å². The Kier molecular flexibility index (Phi) is 8.30. The molecule has 6 nitrogen and oxygen atoms in total. The summed E-state index contributed by atoms with van der Waals surface area (Å²) in [6.45, 7) is 8.93. The van der Waals surface area contributed by atoms with Crippen LogP contribution in [0.4, 0.5) is 8.78 Å². The van der Waals surface area contributed by atoms with Gasteiger partial charge in [0.2, 0.25) is 5.88 Å². The minimum atomic E-state index is -0.770. The quantitative estimate of drug-likeness (QED) is 0.589. The first-order valence-electron chi connectivity index (χ1n) is 9.72. The average molecular weight is 407 g/mol. The van der Waals surface area contributed by atoms with Crippen LogP contribution in [0.2, 0.25) is 0 Å². The molecule has 0 radical (unpaired) electrons. The van der Waals surface area contributed by atoms with Crippen LogP contribution in [0.5, 0.6) is 11.6 Å². The molecule has 0 aliphatic heterocycles. The van der Waals surface area contributed by atoms with Crippen molar-refractivity contribution in [2.45, 2.75) is 40.7 Å². The second-order valence-corrected chi connectivity index (χ2v) is 6.89. The largest absolute Gasteiger partial charge is 0.492 e. The number of ether oxygens (including phenoxy) is 2. The molecule has 8 heteroatoms. The van der Waals surface area contributed by atoms with Crippen LogP contribution in [0.15, 0.2) is 24.3 Å². The first-order valence-corrected chi connectivity index (χ1v) is 9.72. The molecule has 2 rings (SSSR count). The highest BCUT2D eigenvalue weighted by molar-refractivity contribution is 5.94. The monoisotopic (exact) mass is 407 g/mol. The molecular weight excluding hydrogens is 380 g/mol. The van der Waals surface area contributed by atoms with Gasteiger partial charge in [-0.05, 0) is 44.4 Å². The zero-order valence-electron chi connectivity index (χ0n) is 17.2. The Hall–Kier alpha value is -2.77. The Morgan fingerprint density at radius 2 is 1.83 bits per heavy atom. The van der Waals surface area contributed by atoms with Crippen LogP contribution >= 0.6 is 0 Å². The van der Waals surface area contributed by atoms with E-state index in [1.165, 1.54) is 4.90 Å². The summed E-state index contributed by atoms with van der Waals surface area (Å²) in [4.78, 5) is 14.4. The summed E-state index contributed by atoms with van der Waals surface area (Å²) in [5.41, 5.74) is 0.106. The maximum absolute atomic E-state index is 14.2. The van der Waals surface area contributed by atoms with Crippen LogP contribution in [0.3, 0.4) is 0 Å². The predicted octanol–water partition coefficient (Wildman–Crippen LogP) is 4.24. The van der Waals surface area contributed by atoms with E-state index in [2.05, 4.69) is 10.2 Å². The molecule has 0 aliphatic carbocycles. The second-order valence-electron chi connectivity index (χ2n) is 6.89. The van der Waals surface area contributed by atoms with E-state index in [0.29, 0.717) is 49.4 Å². The van der Waals surface area contributed by atoms with E-state index in [1.54, 1.807) is 6.07 Å². The first-order chi connectivity index (χ1) is 13.8. The van der Waals surface area contributed by atoms with E-state index in [-0.39, 0.29) is 12.1 Å². The fraction of sp³-hybridized carbons (Fsp3) is 0.476. The number of benzene rings is 1. The lowest BCUT2D eigenvalue weighted by Gasteiger charge is -2.24. The van der Waals surface area contributed by atoms with Gasteiger partial charge in [0.15, 0.2) is 0 Å². The molecule has 0 fully saturated rings. The standard InChI is InChI=1S/C21H27F2N3O3/c1-5-28-19-12-20(29-6-2)25-24-18(19)13-26(10-9-14(3)4)21(27)16-11-15(22)7-8-17(16)23/h7-8,11-12,14H,5-6,9-10,13H2,1-4H3. The van der Waals surface area contributed by atoms with Gasteiger partial charge < -0.3 is 14.4 Å². The number of carbonyl (C=O) groups is 1. The van der Waals surface area contributed by atoms with Crippen LogP contribution in [0, 0.1) is 17.6 Å². The molecule has 0 N–H and O–H groups in total. The van der Waals surface area contributed by atoms with Crippen molar-refractivity contribution in [3.05, 3.63) is 47.2 Å². The van der Waals surface area contributed by atoms with E-state index in [1.807, 2.05) is 27.7 Å². The lowest BCUT2D eigenvalue weighted by Crippen LogP contribution is -2.33. The highest BCUT2D eigenvalue weighted by Gasteiger charge is 2.23. The topological polar surface area (TPSA) is 64.6 Å². The Labute approximate surface area is 169 Å². The molecule has 1 heterocycles. The number of hydrogen-bond acceptors (Lipinski definition) is 5. The summed E-state index contributed by atoms with van der Waals surface area (Å²) in [7, 11) is 0. The van der Waals surface area contributed by atoms with Crippen molar-refractivity contribution in [3.8, 4) is 11.6 Å². The van der Waals surface area contributed by atoms with Crippen LogP contribution in [-0.4, -0.2) is 40.8 Å². The third-order valence-electron chi connectivity index (χ3n) is 4.16. The van der Waals surface area contributed by atoms with Gasteiger partial charge >= 0.3 is 0 Å². The molecular formula is C21H27F2N3O3. The molecule has 0 saturated carbocycles. The molecule has 0 bridgehead atoms. The van der Waals surface area contributed by atoms with Crippen molar-refractivity contribution in [2.75, 3.05) is 19.8 Å². The lowest BCUT2D eigenvalue weighted by molar-refractivity contribution is 0.0726. The number of halogens is 2. The predicted molar refractivity (Wildman–Crippen MR) is 105 cm³/mol. The molecule has 0 aliphatic rings. The van der Waals surface area contributed by atoms with Gasteiger partial charge in [-0.15, -0.1) is 10.2 Å². The maximum atomic E-state index is 14.2. The number of nitrogens with zero attached hydrogens (tertiary/aromatic N) is 3. The minimum Gasteiger partial charge on any atom is -0.492 e. The fourth-order valence-corrected chi connectivity index (χ4v) is 2.67. The van der Waals surface area contributed by atoms with Crippen LogP contribution in [0.25, 0.3) is 0 Å². The third-order valence-corrected chi connectivity index (χ3v) is 4.16. The molecule has 158 valence electrons. The molecule has 29 heavy (non-hydrogen) atoms. The number of hydrogen-bond donors (Lipinski definition) is 0. The van der Waals surface area contributed by atoms with E-state index in [0.717, 1.165) is 18.2 Å². The van der Waals surface area contributed by atoms with Gasteiger partial charge in [0.25, 0.3) is 5.91 Å². The highest BCUT2D eigenvalue weighted by Crippen LogP contribution is 2.24. The van der Waals surface area contributed by atoms with Crippen molar-refractivity contribution < 1.29 is 23.0 Å². The molecule has 2 aromatic rings. The molecule has 0 spiro atoms. The van der Waals surface area contributed by atoms with Crippen molar-refractivity contribution >= 4 is 5.91 Å². The zero-order chi connectivity index (χ0) is 21.4. The molecule has 0 atom stereocenters. The maximum Gasteiger partial charge on any atom is 0.257 e. The average Bonchev–Trinajstić information content (AvgIpc) is 2.68. The number of carbonyl (C=O) groups excluding carboxylic acids is 1. The summed E-state index contributed by atoms with van der Waals surface area (Å²) in [5.74, 6) is -0.978. The smallest absolute Gasteiger partial charge is 0.257 e. The molecule has 1 amide bonds. The number of aromatic nitrogens is 2. The van der Waals surface area contributed by atoms with E-state index >= 15 is 0 Å². The van der Waals surface area contributed by atoms with E-state index in [9.17, 15) is 13.6 Å². The summed E-state index contributed by atoms with van der Waals surface area (Å²) < 4.78 is 38.7. The minimum absolute atomic E-state index is 0.0518. The SMILES string of the molecule is CCOc1cc(OCC)c(CN(CCC(C)C)C(=O)c2cc(F)ccc2F)nn1. The van der Waals surface area contributed by atoms with Gasteiger partial charge in [-0.3, -0.25) is 4.79 Å². The molecule has 1 aromatic heterocycles. The second kappa shape index (κ2) is 10.7. The number of rotatable bonds is 10. The zero-order valence-corrected chi connectivity index (χ0v) is 17.2. The van der Waals surface area contributed by atoms with Gasteiger partial charge in [-0.2, -0.15) is 0 Å². The van der Waals surface area contributed by atoms with Gasteiger partial charge in [0.05, 0.1) is 25.3 Å². The summed E-state index contributed by atoms with van der Waals surface area (Å²) in [5, 5.41) is 8.14. The normalized spacial score (nSPS) is 10.9. The van der Waals surface area contributed by atoms with Crippen molar-refractivity contribution in [2.24, 2.45) is 5.92 Å². The van der Waals surface area contributed by atoms with Crippen LogP contribution in [-0.2, 0) is 6.54 Å². The van der Waals surface area contributed by atoms with Crippen LogP contribution < -0.4 is 9.47 Å².